The summed E-state index contributed by atoms with van der Waals surface area (Å²) in [6, 6.07) is 14.0. The summed E-state index contributed by atoms with van der Waals surface area (Å²) in [5, 5.41) is 15.4. The molecule has 0 spiro atoms. The zero-order valence-electron chi connectivity index (χ0n) is 21.0. The lowest BCUT2D eigenvalue weighted by atomic mass is 10.1. The Morgan fingerprint density at radius 1 is 1.05 bits per heavy atom. The Kier molecular flexibility index (Phi) is 8.09. The van der Waals surface area contributed by atoms with E-state index in [-0.39, 0.29) is 24.5 Å². The van der Waals surface area contributed by atoms with Crippen LogP contribution in [-0.2, 0) is 0 Å². The Bertz CT molecular complexity index is 1280. The highest BCUT2D eigenvalue weighted by atomic mass is 35.5. The van der Waals surface area contributed by atoms with Crippen LogP contribution in [0.4, 0.5) is 22.2 Å². The van der Waals surface area contributed by atoms with E-state index < -0.39 is 0 Å². The van der Waals surface area contributed by atoms with Crippen molar-refractivity contribution < 1.29 is 4.79 Å². The molecular weight excluding hydrogens is 488 g/mol. The van der Waals surface area contributed by atoms with Crippen molar-refractivity contribution in [2.45, 2.75) is 38.6 Å². The van der Waals surface area contributed by atoms with Crippen molar-refractivity contribution in [1.82, 2.24) is 25.2 Å². The van der Waals surface area contributed by atoms with Crippen LogP contribution >= 0.6 is 12.4 Å². The molecular formula is C27H31ClN8O. The molecule has 1 aliphatic carbocycles. The molecule has 2 fully saturated rings. The molecule has 0 atom stereocenters. The van der Waals surface area contributed by atoms with Gasteiger partial charge in [-0.25, -0.2) is 19.7 Å². The first-order chi connectivity index (χ1) is 17.5. The van der Waals surface area contributed by atoms with Crippen LogP contribution < -0.4 is 15.5 Å². The van der Waals surface area contributed by atoms with Gasteiger partial charge in [0.1, 0.15) is 17.5 Å². The molecule has 3 aromatic heterocycles. The lowest BCUT2D eigenvalue weighted by molar-refractivity contribution is 0.191. The van der Waals surface area contributed by atoms with E-state index in [1.807, 2.05) is 31.0 Å². The largest absolute Gasteiger partial charge is 0.353 e. The second-order valence-electron chi connectivity index (χ2n) is 9.60. The second-order valence-corrected chi connectivity index (χ2v) is 9.60. The molecule has 0 aromatic carbocycles. The number of rotatable bonds is 6. The van der Waals surface area contributed by atoms with Crippen molar-refractivity contribution in [3.63, 3.8) is 0 Å². The zero-order valence-corrected chi connectivity index (χ0v) is 21.8. The third-order valence-electron chi connectivity index (χ3n) is 6.39. The molecule has 10 heteroatoms. The Hall–Kier alpha value is -3.90. The fraction of sp³-hybridized carbons (Fsp3) is 0.370. The molecule has 2 N–H and O–H groups in total. The molecule has 9 nitrogen and oxygen atoms in total. The van der Waals surface area contributed by atoms with E-state index in [2.05, 4.69) is 44.8 Å². The average molecular weight is 519 g/mol. The SMILES string of the molecule is CC(C)NC(=O)N1CCN(c2ccc(-c3cc(C4CC4)cc(Nc4cc(C#N)ccn4)n3)cn2)CC1.Cl. The van der Waals surface area contributed by atoms with Gasteiger partial charge in [-0.05, 0) is 74.6 Å². The number of carbonyl (C=O) groups excluding carboxylic acids is 1. The van der Waals surface area contributed by atoms with Gasteiger partial charge in [-0.15, -0.1) is 12.4 Å². The fourth-order valence-corrected chi connectivity index (χ4v) is 4.32. The molecule has 1 saturated carbocycles. The van der Waals surface area contributed by atoms with Gasteiger partial charge >= 0.3 is 6.03 Å². The van der Waals surface area contributed by atoms with Gasteiger partial charge in [0.15, 0.2) is 0 Å². The predicted molar refractivity (Wildman–Crippen MR) is 146 cm³/mol. The minimum absolute atomic E-state index is 0. The number of hydrogen-bond acceptors (Lipinski definition) is 7. The van der Waals surface area contributed by atoms with Crippen LogP contribution in [0.5, 0.6) is 0 Å². The van der Waals surface area contributed by atoms with E-state index in [1.54, 1.807) is 18.3 Å². The first kappa shape index (κ1) is 26.2. The van der Waals surface area contributed by atoms with E-state index in [0.29, 0.717) is 36.2 Å². The maximum Gasteiger partial charge on any atom is 0.317 e. The molecule has 0 bridgehead atoms. The standard InChI is InChI=1S/C27H30N8O.ClH/c1-18(2)31-27(36)35-11-9-34(10-12-35)26-6-5-21(17-30-26)23-14-22(20-3-4-20)15-25(32-23)33-24-13-19(16-28)7-8-29-24;/h5-8,13-15,17-18,20H,3-4,9-12H2,1-2H3,(H,31,36)(H,29,32,33);1H. The molecule has 5 rings (SSSR count). The van der Waals surface area contributed by atoms with E-state index in [0.717, 1.165) is 30.2 Å². The number of amides is 2. The van der Waals surface area contributed by atoms with Crippen LogP contribution in [0.3, 0.4) is 0 Å². The van der Waals surface area contributed by atoms with Gasteiger partial charge in [-0.3, -0.25) is 0 Å². The quantitative estimate of drug-likeness (QED) is 0.487. The molecule has 1 aliphatic heterocycles. The van der Waals surface area contributed by atoms with E-state index in [1.165, 1.54) is 18.4 Å². The maximum absolute atomic E-state index is 12.3. The molecule has 0 unspecified atom stereocenters. The van der Waals surface area contributed by atoms with Crippen molar-refractivity contribution in [1.29, 1.82) is 5.26 Å². The highest BCUT2D eigenvalue weighted by Crippen LogP contribution is 2.42. The molecule has 0 radical (unpaired) electrons. The number of aromatic nitrogens is 3. The van der Waals surface area contributed by atoms with Crippen molar-refractivity contribution >= 4 is 35.9 Å². The smallest absolute Gasteiger partial charge is 0.317 e. The number of piperazine rings is 1. The summed E-state index contributed by atoms with van der Waals surface area (Å²) in [5.74, 6) is 2.76. The summed E-state index contributed by atoms with van der Waals surface area (Å²) < 4.78 is 0. The van der Waals surface area contributed by atoms with Gasteiger partial charge in [0, 0.05) is 50.2 Å². The third-order valence-corrected chi connectivity index (χ3v) is 6.39. The van der Waals surface area contributed by atoms with Gasteiger partial charge in [0.2, 0.25) is 0 Å². The average Bonchev–Trinajstić information content (AvgIpc) is 3.74. The van der Waals surface area contributed by atoms with Crippen LogP contribution in [0.15, 0.2) is 48.8 Å². The minimum Gasteiger partial charge on any atom is -0.353 e. The molecule has 37 heavy (non-hydrogen) atoms. The normalized spacial score (nSPS) is 15.1. The number of carbonyl (C=O) groups is 1. The Labute approximate surface area is 223 Å². The molecule has 2 aliphatic rings. The van der Waals surface area contributed by atoms with Gasteiger partial charge in [-0.2, -0.15) is 5.26 Å². The number of nitrogens with one attached hydrogen (secondary N) is 2. The van der Waals surface area contributed by atoms with Crippen LogP contribution in [0, 0.1) is 11.3 Å². The van der Waals surface area contributed by atoms with Crippen molar-refractivity contribution in [3.8, 4) is 17.3 Å². The third kappa shape index (κ3) is 6.46. The zero-order chi connectivity index (χ0) is 25.1. The molecule has 1 saturated heterocycles. The fourth-order valence-electron chi connectivity index (χ4n) is 4.32. The number of nitriles is 1. The monoisotopic (exact) mass is 518 g/mol. The summed E-state index contributed by atoms with van der Waals surface area (Å²) in [6.07, 6.45) is 5.85. The van der Waals surface area contributed by atoms with Crippen LogP contribution in [0.25, 0.3) is 11.3 Å². The summed E-state index contributed by atoms with van der Waals surface area (Å²) in [6.45, 7) is 6.77. The van der Waals surface area contributed by atoms with Gasteiger partial charge in [0.05, 0.1) is 17.3 Å². The number of anilines is 3. The second kappa shape index (κ2) is 11.4. The highest BCUT2D eigenvalue weighted by molar-refractivity contribution is 5.85. The van der Waals surface area contributed by atoms with Crippen molar-refractivity contribution in [3.05, 3.63) is 59.9 Å². The van der Waals surface area contributed by atoms with E-state index >= 15 is 0 Å². The first-order valence-electron chi connectivity index (χ1n) is 12.4. The summed E-state index contributed by atoms with van der Waals surface area (Å²) in [4.78, 5) is 30.2. The molecule has 4 heterocycles. The van der Waals surface area contributed by atoms with Gasteiger partial charge < -0.3 is 20.4 Å². The summed E-state index contributed by atoms with van der Waals surface area (Å²) in [5.41, 5.74) is 3.59. The number of pyridine rings is 3. The Morgan fingerprint density at radius 2 is 1.84 bits per heavy atom. The molecule has 192 valence electrons. The summed E-state index contributed by atoms with van der Waals surface area (Å²) >= 11 is 0. The first-order valence-corrected chi connectivity index (χ1v) is 12.4. The van der Waals surface area contributed by atoms with Gasteiger partial charge in [-0.1, -0.05) is 0 Å². The number of urea groups is 1. The number of hydrogen-bond donors (Lipinski definition) is 2. The summed E-state index contributed by atoms with van der Waals surface area (Å²) in [7, 11) is 0. The van der Waals surface area contributed by atoms with Crippen molar-refractivity contribution in [2.24, 2.45) is 0 Å². The number of halogens is 1. The van der Waals surface area contributed by atoms with Crippen LogP contribution in [-0.4, -0.2) is 58.1 Å². The lowest BCUT2D eigenvalue weighted by Gasteiger charge is -2.35. The highest BCUT2D eigenvalue weighted by Gasteiger charge is 2.25. The molecule has 3 aromatic rings. The molecule has 2 amide bonds. The van der Waals surface area contributed by atoms with Crippen LogP contribution in [0.2, 0.25) is 0 Å². The van der Waals surface area contributed by atoms with Crippen LogP contribution in [0.1, 0.15) is 43.7 Å². The predicted octanol–water partition coefficient (Wildman–Crippen LogP) is 4.69. The minimum atomic E-state index is -0.00598. The Balaban J connectivity index is 0.00000320. The van der Waals surface area contributed by atoms with E-state index in [4.69, 9.17) is 9.97 Å². The topological polar surface area (TPSA) is 110 Å². The van der Waals surface area contributed by atoms with E-state index in [9.17, 15) is 10.1 Å². The van der Waals surface area contributed by atoms with Gasteiger partial charge in [0.25, 0.3) is 0 Å². The maximum atomic E-state index is 12.3. The number of nitrogens with zero attached hydrogens (tertiary/aromatic N) is 6. The van der Waals surface area contributed by atoms with Crippen molar-refractivity contribution in [2.75, 3.05) is 36.4 Å². The Morgan fingerprint density at radius 3 is 2.49 bits per heavy atom. The lowest BCUT2D eigenvalue weighted by Crippen LogP contribution is -2.53.